The Morgan fingerprint density at radius 3 is 2.57 bits per heavy atom. The van der Waals surface area contributed by atoms with Crippen molar-refractivity contribution in [3.8, 4) is 0 Å². The maximum atomic E-state index is 13.4. The van der Waals surface area contributed by atoms with Crippen LogP contribution < -0.4 is 5.32 Å². The fourth-order valence-electron chi connectivity index (χ4n) is 1.77. The van der Waals surface area contributed by atoms with Crippen molar-refractivity contribution in [1.29, 1.82) is 0 Å². The molecule has 1 amide bonds. The van der Waals surface area contributed by atoms with Gasteiger partial charge < -0.3 is 5.32 Å². The number of amides is 1. The van der Waals surface area contributed by atoms with E-state index in [0.29, 0.717) is 12.1 Å². The second-order valence-electron chi connectivity index (χ2n) is 4.42. The van der Waals surface area contributed by atoms with E-state index in [-0.39, 0.29) is 18.1 Å². The van der Waals surface area contributed by atoms with Crippen LogP contribution in [0.15, 0.2) is 57.9 Å². The third-order valence-electron chi connectivity index (χ3n) is 2.82. The Labute approximate surface area is 136 Å². The van der Waals surface area contributed by atoms with Gasteiger partial charge in [-0.05, 0) is 35.9 Å². The summed E-state index contributed by atoms with van der Waals surface area (Å²) in [6.07, 6.45) is 0.0790. The Morgan fingerprint density at radius 1 is 1.14 bits per heavy atom. The molecule has 2 nitrogen and oxygen atoms in total. The Morgan fingerprint density at radius 2 is 1.86 bits per heavy atom. The summed E-state index contributed by atoms with van der Waals surface area (Å²) in [7, 11) is 0. The molecule has 1 N–H and O–H groups in total. The molecule has 0 radical (unpaired) electrons. The van der Waals surface area contributed by atoms with E-state index in [0.717, 1.165) is 15.1 Å². The van der Waals surface area contributed by atoms with Gasteiger partial charge in [-0.2, -0.15) is 0 Å². The smallest absolute Gasteiger partial charge is 0.224 e. The van der Waals surface area contributed by atoms with Gasteiger partial charge in [0.05, 0.1) is 6.42 Å². The molecule has 0 spiro atoms. The molecule has 0 unspecified atom stereocenters. The van der Waals surface area contributed by atoms with Gasteiger partial charge in [-0.15, -0.1) is 11.8 Å². The molecule has 21 heavy (non-hydrogen) atoms. The van der Waals surface area contributed by atoms with Crippen molar-refractivity contribution < 1.29 is 9.18 Å². The summed E-state index contributed by atoms with van der Waals surface area (Å²) in [5.41, 5.74) is 0.426. The summed E-state index contributed by atoms with van der Waals surface area (Å²) in [4.78, 5) is 12.9. The predicted octanol–water partition coefficient (Wildman–Crippen LogP) is 4.04. The average Bonchev–Trinajstić information content (AvgIpc) is 2.48. The SMILES string of the molecule is O=C(Cc1ccccc1F)NCCSc1ccc(Br)cc1. The first-order valence-electron chi connectivity index (χ1n) is 6.53. The van der Waals surface area contributed by atoms with Gasteiger partial charge in [-0.1, -0.05) is 34.1 Å². The number of benzene rings is 2. The topological polar surface area (TPSA) is 29.1 Å². The van der Waals surface area contributed by atoms with E-state index >= 15 is 0 Å². The van der Waals surface area contributed by atoms with Crippen molar-refractivity contribution in [2.24, 2.45) is 0 Å². The second kappa shape index (κ2) is 8.20. The Balaban J connectivity index is 1.70. The zero-order valence-corrected chi connectivity index (χ0v) is 13.7. The van der Waals surface area contributed by atoms with Gasteiger partial charge in [0.1, 0.15) is 5.82 Å². The monoisotopic (exact) mass is 367 g/mol. The van der Waals surface area contributed by atoms with E-state index in [4.69, 9.17) is 0 Å². The lowest BCUT2D eigenvalue weighted by molar-refractivity contribution is -0.120. The van der Waals surface area contributed by atoms with Crippen LogP contribution in [0.3, 0.4) is 0 Å². The molecule has 2 aromatic carbocycles. The lowest BCUT2D eigenvalue weighted by Gasteiger charge is -2.06. The summed E-state index contributed by atoms with van der Waals surface area (Å²) in [5, 5.41) is 2.80. The van der Waals surface area contributed by atoms with Crippen LogP contribution in [0.1, 0.15) is 5.56 Å². The zero-order chi connectivity index (χ0) is 15.1. The molecule has 2 aromatic rings. The van der Waals surface area contributed by atoms with Gasteiger partial charge in [-0.3, -0.25) is 4.79 Å². The molecule has 0 heterocycles. The van der Waals surface area contributed by atoms with Crippen molar-refractivity contribution in [2.45, 2.75) is 11.3 Å². The van der Waals surface area contributed by atoms with Crippen LogP contribution in [-0.2, 0) is 11.2 Å². The van der Waals surface area contributed by atoms with Crippen LogP contribution in [0.4, 0.5) is 4.39 Å². The highest BCUT2D eigenvalue weighted by Crippen LogP contribution is 2.19. The summed E-state index contributed by atoms with van der Waals surface area (Å²) in [6.45, 7) is 0.564. The number of thioether (sulfide) groups is 1. The molecule has 0 saturated heterocycles. The van der Waals surface area contributed by atoms with Crippen LogP contribution in [0.25, 0.3) is 0 Å². The first-order valence-corrected chi connectivity index (χ1v) is 8.31. The van der Waals surface area contributed by atoms with Crippen molar-refractivity contribution in [1.82, 2.24) is 5.32 Å². The number of rotatable bonds is 6. The van der Waals surface area contributed by atoms with Crippen LogP contribution in [0.2, 0.25) is 0 Å². The highest BCUT2D eigenvalue weighted by molar-refractivity contribution is 9.10. The van der Waals surface area contributed by atoms with Crippen molar-refractivity contribution >= 4 is 33.6 Å². The maximum absolute atomic E-state index is 13.4. The molecular weight excluding hydrogens is 353 g/mol. The number of hydrogen-bond donors (Lipinski definition) is 1. The fraction of sp³-hybridized carbons (Fsp3) is 0.188. The lowest BCUT2D eigenvalue weighted by atomic mass is 10.1. The van der Waals surface area contributed by atoms with Crippen LogP contribution in [-0.4, -0.2) is 18.2 Å². The lowest BCUT2D eigenvalue weighted by Crippen LogP contribution is -2.27. The first-order chi connectivity index (χ1) is 10.1. The van der Waals surface area contributed by atoms with E-state index in [2.05, 4.69) is 21.2 Å². The van der Waals surface area contributed by atoms with Crippen LogP contribution >= 0.6 is 27.7 Å². The Hall–Kier alpha value is -1.33. The number of halogens is 2. The average molecular weight is 368 g/mol. The largest absolute Gasteiger partial charge is 0.355 e. The van der Waals surface area contributed by atoms with Crippen molar-refractivity contribution in [2.75, 3.05) is 12.3 Å². The molecule has 0 bridgehead atoms. The molecule has 5 heteroatoms. The molecule has 0 aliphatic rings. The zero-order valence-electron chi connectivity index (χ0n) is 11.3. The molecule has 0 aliphatic carbocycles. The number of nitrogens with one attached hydrogen (secondary N) is 1. The molecule has 0 fully saturated rings. The minimum atomic E-state index is -0.336. The summed E-state index contributed by atoms with van der Waals surface area (Å²) in [5.74, 6) is 0.290. The quantitative estimate of drug-likeness (QED) is 0.616. The van der Waals surface area contributed by atoms with Gasteiger partial charge in [0, 0.05) is 21.7 Å². The number of hydrogen-bond acceptors (Lipinski definition) is 2. The third-order valence-corrected chi connectivity index (χ3v) is 4.36. The Bertz CT molecular complexity index is 603. The van der Waals surface area contributed by atoms with E-state index in [1.54, 1.807) is 30.0 Å². The molecule has 2 rings (SSSR count). The number of carbonyl (C=O) groups excluding carboxylic acids is 1. The molecule has 110 valence electrons. The third kappa shape index (κ3) is 5.52. The molecular formula is C16H15BrFNOS. The van der Waals surface area contributed by atoms with Gasteiger partial charge in [-0.25, -0.2) is 4.39 Å². The molecule has 0 saturated carbocycles. The summed E-state index contributed by atoms with van der Waals surface area (Å²) >= 11 is 5.06. The molecule has 0 aromatic heterocycles. The van der Waals surface area contributed by atoms with Gasteiger partial charge in [0.15, 0.2) is 0 Å². The van der Waals surface area contributed by atoms with Gasteiger partial charge >= 0.3 is 0 Å². The maximum Gasteiger partial charge on any atom is 0.224 e. The van der Waals surface area contributed by atoms with Crippen LogP contribution in [0.5, 0.6) is 0 Å². The van der Waals surface area contributed by atoms with Gasteiger partial charge in [0.25, 0.3) is 0 Å². The summed E-state index contributed by atoms with van der Waals surface area (Å²) in [6, 6.07) is 14.4. The highest BCUT2D eigenvalue weighted by atomic mass is 79.9. The predicted molar refractivity (Wildman–Crippen MR) is 88.0 cm³/mol. The van der Waals surface area contributed by atoms with E-state index in [1.807, 2.05) is 24.3 Å². The van der Waals surface area contributed by atoms with E-state index in [9.17, 15) is 9.18 Å². The summed E-state index contributed by atoms with van der Waals surface area (Å²) < 4.78 is 14.5. The van der Waals surface area contributed by atoms with Crippen molar-refractivity contribution in [3.05, 3.63) is 64.4 Å². The van der Waals surface area contributed by atoms with E-state index in [1.165, 1.54) is 6.07 Å². The minimum absolute atomic E-state index is 0.0790. The first kappa shape index (κ1) is 16.0. The standard InChI is InChI=1S/C16H15BrFNOS/c17-13-5-7-14(8-6-13)21-10-9-19-16(20)11-12-3-1-2-4-15(12)18/h1-8H,9-11H2,(H,19,20). The molecule has 0 atom stereocenters. The van der Waals surface area contributed by atoms with Gasteiger partial charge in [0.2, 0.25) is 5.91 Å². The highest BCUT2D eigenvalue weighted by Gasteiger charge is 2.06. The Kier molecular flexibility index (Phi) is 6.26. The number of carbonyl (C=O) groups is 1. The fourth-order valence-corrected chi connectivity index (χ4v) is 2.80. The normalized spacial score (nSPS) is 10.4. The van der Waals surface area contributed by atoms with Crippen LogP contribution in [0, 0.1) is 5.82 Å². The minimum Gasteiger partial charge on any atom is -0.355 e. The van der Waals surface area contributed by atoms with Crippen molar-refractivity contribution in [3.63, 3.8) is 0 Å². The second-order valence-corrected chi connectivity index (χ2v) is 6.50. The van der Waals surface area contributed by atoms with E-state index < -0.39 is 0 Å². The molecule has 0 aliphatic heterocycles.